The van der Waals surface area contributed by atoms with Crippen LogP contribution >= 0.6 is 23.2 Å². The molecule has 0 aliphatic rings. The van der Waals surface area contributed by atoms with Crippen molar-refractivity contribution in [1.82, 2.24) is 5.32 Å². The molecule has 0 spiro atoms. The Morgan fingerprint density at radius 3 is 2.26 bits per heavy atom. The van der Waals surface area contributed by atoms with Gasteiger partial charge in [0.15, 0.2) is 0 Å². The molecule has 2 aromatic carbocycles. The molecule has 0 heterocycles. The van der Waals surface area contributed by atoms with Crippen LogP contribution < -0.4 is 10.1 Å². The highest BCUT2D eigenvalue weighted by Gasteiger charge is 2.17. The zero-order valence-corrected chi connectivity index (χ0v) is 12.3. The van der Waals surface area contributed by atoms with Gasteiger partial charge in [0.1, 0.15) is 5.75 Å². The third kappa shape index (κ3) is 3.21. The van der Waals surface area contributed by atoms with Crippen LogP contribution in [0.4, 0.5) is 0 Å². The Hall–Kier alpha value is -1.22. The summed E-state index contributed by atoms with van der Waals surface area (Å²) in [6.45, 7) is 0. The molecule has 0 saturated carbocycles. The van der Waals surface area contributed by atoms with E-state index in [4.69, 9.17) is 27.9 Å². The van der Waals surface area contributed by atoms with E-state index in [1.165, 1.54) is 0 Å². The Balaban J connectivity index is 2.49. The minimum atomic E-state index is -0.0210. The van der Waals surface area contributed by atoms with Crippen molar-refractivity contribution >= 4 is 23.2 Å². The summed E-state index contributed by atoms with van der Waals surface area (Å²) in [4.78, 5) is 0. The maximum Gasteiger partial charge on any atom is 0.123 e. The lowest BCUT2D eigenvalue weighted by Crippen LogP contribution is -2.18. The molecule has 2 aromatic rings. The molecule has 0 bridgehead atoms. The van der Waals surface area contributed by atoms with Gasteiger partial charge in [-0.15, -0.1) is 0 Å². The number of para-hydroxylation sites is 1. The van der Waals surface area contributed by atoms with Crippen LogP contribution in [0.5, 0.6) is 5.75 Å². The predicted molar refractivity (Wildman–Crippen MR) is 80.4 cm³/mol. The molecule has 2 rings (SSSR count). The Morgan fingerprint density at radius 2 is 1.68 bits per heavy atom. The van der Waals surface area contributed by atoms with Gasteiger partial charge in [0.05, 0.1) is 13.2 Å². The third-order valence-corrected chi connectivity index (χ3v) is 3.39. The first kappa shape index (κ1) is 14.2. The summed E-state index contributed by atoms with van der Waals surface area (Å²) in [7, 11) is 3.56. The number of nitrogens with one attached hydrogen (secondary N) is 1. The van der Waals surface area contributed by atoms with Crippen molar-refractivity contribution in [1.29, 1.82) is 0 Å². The fraction of sp³-hybridized carbons (Fsp3) is 0.200. The van der Waals surface area contributed by atoms with Crippen LogP contribution in [0.2, 0.25) is 10.0 Å². The molecule has 0 saturated heterocycles. The second-order valence-electron chi connectivity index (χ2n) is 4.17. The lowest BCUT2D eigenvalue weighted by molar-refractivity contribution is 0.405. The Kier molecular flexibility index (Phi) is 4.70. The summed E-state index contributed by atoms with van der Waals surface area (Å²) in [5.74, 6) is 0.831. The summed E-state index contributed by atoms with van der Waals surface area (Å²) < 4.78 is 5.40. The van der Waals surface area contributed by atoms with Gasteiger partial charge < -0.3 is 10.1 Å². The number of rotatable bonds is 4. The number of methoxy groups -OCH3 is 1. The maximum atomic E-state index is 6.07. The molecule has 1 N–H and O–H groups in total. The molecule has 0 fully saturated rings. The van der Waals surface area contributed by atoms with Gasteiger partial charge in [0, 0.05) is 15.6 Å². The predicted octanol–water partition coefficient (Wildman–Crippen LogP) is 4.31. The molecule has 0 amide bonds. The molecule has 19 heavy (non-hydrogen) atoms. The average Bonchev–Trinajstić information content (AvgIpc) is 2.39. The molecule has 2 nitrogen and oxygen atoms in total. The quantitative estimate of drug-likeness (QED) is 0.907. The monoisotopic (exact) mass is 295 g/mol. The van der Waals surface area contributed by atoms with Crippen molar-refractivity contribution in [3.05, 3.63) is 63.6 Å². The first-order valence-corrected chi connectivity index (χ1v) is 6.67. The lowest BCUT2D eigenvalue weighted by Gasteiger charge is -2.20. The summed E-state index contributed by atoms with van der Waals surface area (Å²) >= 11 is 12.1. The van der Waals surface area contributed by atoms with Gasteiger partial charge in [0.25, 0.3) is 0 Å². The van der Waals surface area contributed by atoms with Crippen molar-refractivity contribution in [3.63, 3.8) is 0 Å². The lowest BCUT2D eigenvalue weighted by atomic mass is 9.98. The summed E-state index contributed by atoms with van der Waals surface area (Å²) in [5, 5.41) is 4.51. The van der Waals surface area contributed by atoms with Gasteiger partial charge in [0.2, 0.25) is 0 Å². The zero-order valence-electron chi connectivity index (χ0n) is 10.8. The number of ether oxygens (including phenoxy) is 1. The third-order valence-electron chi connectivity index (χ3n) is 2.96. The SMILES string of the molecule is CNC(c1cc(Cl)cc(Cl)c1)c1ccccc1OC. The van der Waals surface area contributed by atoms with Crippen molar-refractivity contribution in [3.8, 4) is 5.75 Å². The number of hydrogen-bond donors (Lipinski definition) is 1. The highest BCUT2D eigenvalue weighted by molar-refractivity contribution is 6.34. The Bertz CT molecular complexity index is 552. The topological polar surface area (TPSA) is 21.3 Å². The Morgan fingerprint density at radius 1 is 1.05 bits per heavy atom. The van der Waals surface area contributed by atoms with Crippen LogP contribution in [0, 0.1) is 0 Å². The van der Waals surface area contributed by atoms with E-state index in [1.807, 2.05) is 43.4 Å². The molecule has 4 heteroatoms. The number of hydrogen-bond acceptors (Lipinski definition) is 2. The van der Waals surface area contributed by atoms with Gasteiger partial charge >= 0.3 is 0 Å². The van der Waals surface area contributed by atoms with Crippen LogP contribution in [-0.4, -0.2) is 14.2 Å². The molecule has 1 atom stereocenters. The van der Waals surface area contributed by atoms with Crippen LogP contribution in [0.1, 0.15) is 17.2 Å². The number of halogens is 2. The fourth-order valence-corrected chi connectivity index (χ4v) is 2.69. The molecular weight excluding hydrogens is 281 g/mol. The fourth-order valence-electron chi connectivity index (χ4n) is 2.15. The molecule has 100 valence electrons. The van der Waals surface area contributed by atoms with E-state index < -0.39 is 0 Å². The van der Waals surface area contributed by atoms with E-state index in [-0.39, 0.29) is 6.04 Å². The van der Waals surface area contributed by atoms with E-state index >= 15 is 0 Å². The van der Waals surface area contributed by atoms with E-state index in [0.29, 0.717) is 10.0 Å². The van der Waals surface area contributed by atoms with Crippen LogP contribution in [0.3, 0.4) is 0 Å². The second kappa shape index (κ2) is 6.29. The summed E-state index contributed by atoms with van der Waals surface area (Å²) in [6, 6.07) is 13.4. The zero-order chi connectivity index (χ0) is 13.8. The summed E-state index contributed by atoms with van der Waals surface area (Å²) in [5.41, 5.74) is 2.05. The van der Waals surface area contributed by atoms with E-state index in [2.05, 4.69) is 5.32 Å². The normalized spacial score (nSPS) is 12.2. The van der Waals surface area contributed by atoms with Gasteiger partial charge in [-0.25, -0.2) is 0 Å². The minimum Gasteiger partial charge on any atom is -0.496 e. The molecule has 0 radical (unpaired) electrons. The molecule has 0 aliphatic carbocycles. The van der Waals surface area contributed by atoms with Gasteiger partial charge in [-0.3, -0.25) is 0 Å². The molecule has 0 aliphatic heterocycles. The standard InChI is InChI=1S/C15H15Cl2NO/c1-18-15(10-7-11(16)9-12(17)8-10)13-5-3-4-6-14(13)19-2/h3-9,15,18H,1-2H3. The summed E-state index contributed by atoms with van der Waals surface area (Å²) in [6.07, 6.45) is 0. The molecule has 0 aromatic heterocycles. The highest BCUT2D eigenvalue weighted by atomic mass is 35.5. The van der Waals surface area contributed by atoms with Crippen molar-refractivity contribution in [2.45, 2.75) is 6.04 Å². The molecular formula is C15H15Cl2NO. The van der Waals surface area contributed by atoms with Gasteiger partial charge in [-0.2, -0.15) is 0 Å². The minimum absolute atomic E-state index is 0.0210. The van der Waals surface area contributed by atoms with E-state index in [1.54, 1.807) is 13.2 Å². The first-order valence-electron chi connectivity index (χ1n) is 5.92. The van der Waals surface area contributed by atoms with E-state index in [0.717, 1.165) is 16.9 Å². The number of benzene rings is 2. The second-order valence-corrected chi connectivity index (χ2v) is 5.04. The maximum absolute atomic E-state index is 6.07. The first-order chi connectivity index (χ1) is 9.15. The Labute approximate surface area is 123 Å². The highest BCUT2D eigenvalue weighted by Crippen LogP contribution is 2.32. The van der Waals surface area contributed by atoms with Crippen molar-refractivity contribution in [2.75, 3.05) is 14.2 Å². The van der Waals surface area contributed by atoms with Crippen LogP contribution in [0.15, 0.2) is 42.5 Å². The van der Waals surface area contributed by atoms with Gasteiger partial charge in [-0.05, 0) is 36.9 Å². The van der Waals surface area contributed by atoms with Crippen LogP contribution in [-0.2, 0) is 0 Å². The van der Waals surface area contributed by atoms with Crippen molar-refractivity contribution < 1.29 is 4.74 Å². The van der Waals surface area contributed by atoms with Gasteiger partial charge in [-0.1, -0.05) is 41.4 Å². The smallest absolute Gasteiger partial charge is 0.123 e. The van der Waals surface area contributed by atoms with Crippen LogP contribution in [0.25, 0.3) is 0 Å². The average molecular weight is 296 g/mol. The molecule has 1 unspecified atom stereocenters. The largest absolute Gasteiger partial charge is 0.496 e. The van der Waals surface area contributed by atoms with E-state index in [9.17, 15) is 0 Å². The van der Waals surface area contributed by atoms with Crippen molar-refractivity contribution in [2.24, 2.45) is 0 Å².